The zero-order valence-electron chi connectivity index (χ0n) is 9.17. The molecule has 0 spiro atoms. The summed E-state index contributed by atoms with van der Waals surface area (Å²) < 4.78 is 11.9. The van der Waals surface area contributed by atoms with Crippen LogP contribution in [0.5, 0.6) is 11.5 Å². The summed E-state index contributed by atoms with van der Waals surface area (Å²) in [6.07, 6.45) is 0. The van der Waals surface area contributed by atoms with E-state index in [1.165, 1.54) is 0 Å². The minimum atomic E-state index is 0.656. The predicted octanol–water partition coefficient (Wildman–Crippen LogP) is 3.97. The van der Waals surface area contributed by atoms with Crippen LogP contribution in [0.3, 0.4) is 0 Å². The van der Waals surface area contributed by atoms with Gasteiger partial charge in [0, 0.05) is 0 Å². The molecule has 15 heavy (non-hydrogen) atoms. The smallest absolute Gasteiger partial charge is 0.150 e. The molecule has 0 atom stereocenters. The van der Waals surface area contributed by atoms with E-state index in [2.05, 4.69) is 22.9 Å². The topological polar surface area (TPSA) is 18.5 Å². The Balaban J connectivity index is 3.17. The molecule has 1 aromatic rings. The van der Waals surface area contributed by atoms with Gasteiger partial charge >= 0.3 is 0 Å². The molecule has 0 N–H and O–H groups in total. The van der Waals surface area contributed by atoms with Crippen LogP contribution in [0.15, 0.2) is 21.5 Å². The van der Waals surface area contributed by atoms with Crippen LogP contribution in [0.2, 0.25) is 0 Å². The second-order valence-electron chi connectivity index (χ2n) is 2.77. The summed E-state index contributed by atoms with van der Waals surface area (Å²) in [5, 5.41) is 0. The molecule has 0 unspecified atom stereocenters. The van der Waals surface area contributed by atoms with Gasteiger partial charge in [0.25, 0.3) is 0 Å². The second-order valence-corrected chi connectivity index (χ2v) is 4.90. The highest BCUT2D eigenvalue weighted by Crippen LogP contribution is 2.42. The molecule has 0 aliphatic carbocycles. The molecule has 0 radical (unpaired) electrons. The lowest BCUT2D eigenvalue weighted by molar-refractivity contribution is 0.322. The largest absolute Gasteiger partial charge is 0.495 e. The van der Waals surface area contributed by atoms with E-state index in [1.807, 2.05) is 19.1 Å². The van der Waals surface area contributed by atoms with Crippen molar-refractivity contribution in [3.05, 3.63) is 16.6 Å². The lowest BCUT2D eigenvalue weighted by atomic mass is 10.3. The van der Waals surface area contributed by atoms with Crippen molar-refractivity contribution in [2.24, 2.45) is 0 Å². The molecule has 0 amide bonds. The van der Waals surface area contributed by atoms with Crippen molar-refractivity contribution < 1.29 is 9.47 Å². The van der Waals surface area contributed by atoms with Gasteiger partial charge in [0.2, 0.25) is 0 Å². The van der Waals surface area contributed by atoms with E-state index in [0.717, 1.165) is 26.6 Å². The van der Waals surface area contributed by atoms with Crippen molar-refractivity contribution in [1.29, 1.82) is 0 Å². The van der Waals surface area contributed by atoms with Crippen molar-refractivity contribution in [1.82, 2.24) is 0 Å². The van der Waals surface area contributed by atoms with Crippen molar-refractivity contribution in [3.8, 4) is 11.5 Å². The van der Waals surface area contributed by atoms with Crippen LogP contribution < -0.4 is 9.47 Å². The molecule has 0 aromatic heterocycles. The number of thioether (sulfide) groups is 1. The molecule has 84 valence electrons. The fraction of sp³-hybridized carbons (Fsp3) is 0.455. The predicted molar refractivity (Wildman–Crippen MR) is 68.3 cm³/mol. The lowest BCUT2D eigenvalue weighted by Gasteiger charge is -2.14. The standard InChI is InChI=1S/C11H15BrO2S/c1-4-14-10-8(12)6-7-9(13-3)11(10)15-5-2/h6-7H,4-5H2,1-3H3. The maximum atomic E-state index is 5.62. The summed E-state index contributed by atoms with van der Waals surface area (Å²) in [6.45, 7) is 4.75. The first-order valence-electron chi connectivity index (χ1n) is 4.86. The Hall–Kier alpha value is -0.350. The Labute approximate surface area is 103 Å². The zero-order valence-corrected chi connectivity index (χ0v) is 11.6. The van der Waals surface area contributed by atoms with Crippen LogP contribution in [0, 0.1) is 0 Å². The monoisotopic (exact) mass is 290 g/mol. The molecular weight excluding hydrogens is 276 g/mol. The highest BCUT2D eigenvalue weighted by molar-refractivity contribution is 9.10. The average molecular weight is 291 g/mol. The maximum absolute atomic E-state index is 5.62. The van der Waals surface area contributed by atoms with Gasteiger partial charge < -0.3 is 9.47 Å². The summed E-state index contributed by atoms with van der Waals surface area (Å²) in [5.41, 5.74) is 0. The molecule has 0 saturated heterocycles. The van der Waals surface area contributed by atoms with E-state index in [0.29, 0.717) is 6.61 Å². The molecule has 0 bridgehead atoms. The van der Waals surface area contributed by atoms with Crippen molar-refractivity contribution >= 4 is 27.7 Å². The van der Waals surface area contributed by atoms with Gasteiger partial charge in [-0.25, -0.2) is 0 Å². The molecule has 1 rings (SSSR count). The first kappa shape index (κ1) is 12.7. The molecule has 0 fully saturated rings. The molecule has 0 saturated carbocycles. The number of ether oxygens (including phenoxy) is 2. The molecule has 0 aliphatic rings. The highest BCUT2D eigenvalue weighted by atomic mass is 79.9. The molecular formula is C11H15BrO2S. The number of methoxy groups -OCH3 is 1. The van der Waals surface area contributed by atoms with Crippen LogP contribution in [0.1, 0.15) is 13.8 Å². The van der Waals surface area contributed by atoms with Crippen molar-refractivity contribution in [3.63, 3.8) is 0 Å². The van der Waals surface area contributed by atoms with Gasteiger partial charge in [-0.3, -0.25) is 0 Å². The van der Waals surface area contributed by atoms with Gasteiger partial charge in [0.1, 0.15) is 5.75 Å². The van der Waals surface area contributed by atoms with E-state index in [9.17, 15) is 0 Å². The van der Waals surface area contributed by atoms with Crippen molar-refractivity contribution in [2.75, 3.05) is 19.5 Å². The van der Waals surface area contributed by atoms with Crippen LogP contribution in [0.25, 0.3) is 0 Å². The highest BCUT2D eigenvalue weighted by Gasteiger charge is 2.13. The van der Waals surface area contributed by atoms with Gasteiger partial charge in [0.05, 0.1) is 23.1 Å². The quantitative estimate of drug-likeness (QED) is 0.765. The number of hydrogen-bond acceptors (Lipinski definition) is 3. The minimum absolute atomic E-state index is 0.656. The zero-order chi connectivity index (χ0) is 11.3. The molecule has 4 heteroatoms. The SMILES string of the molecule is CCOc1c(Br)ccc(OC)c1SCC. The fourth-order valence-corrected chi connectivity index (χ4v) is 2.70. The second kappa shape index (κ2) is 6.28. The Morgan fingerprint density at radius 3 is 2.60 bits per heavy atom. The molecule has 0 aliphatic heterocycles. The lowest BCUT2D eigenvalue weighted by Crippen LogP contribution is -1.97. The van der Waals surface area contributed by atoms with E-state index in [1.54, 1.807) is 18.9 Å². The molecule has 2 nitrogen and oxygen atoms in total. The van der Waals surface area contributed by atoms with Crippen LogP contribution in [-0.2, 0) is 0 Å². The van der Waals surface area contributed by atoms with E-state index in [4.69, 9.17) is 9.47 Å². The van der Waals surface area contributed by atoms with E-state index < -0.39 is 0 Å². The van der Waals surface area contributed by atoms with Gasteiger partial charge in [0.15, 0.2) is 5.75 Å². The number of benzene rings is 1. The van der Waals surface area contributed by atoms with Crippen LogP contribution >= 0.6 is 27.7 Å². The van der Waals surface area contributed by atoms with Gasteiger partial charge in [-0.2, -0.15) is 0 Å². The van der Waals surface area contributed by atoms with Gasteiger partial charge in [-0.1, -0.05) is 6.92 Å². The number of halogens is 1. The Kier molecular flexibility index (Phi) is 5.32. The van der Waals surface area contributed by atoms with Crippen molar-refractivity contribution in [2.45, 2.75) is 18.7 Å². The van der Waals surface area contributed by atoms with E-state index >= 15 is 0 Å². The minimum Gasteiger partial charge on any atom is -0.495 e. The Morgan fingerprint density at radius 1 is 1.33 bits per heavy atom. The van der Waals surface area contributed by atoms with Gasteiger partial charge in [-0.05, 0) is 40.7 Å². The first-order chi connectivity index (χ1) is 7.24. The summed E-state index contributed by atoms with van der Waals surface area (Å²) in [4.78, 5) is 1.07. The molecule has 0 heterocycles. The average Bonchev–Trinajstić information content (AvgIpc) is 2.24. The third kappa shape index (κ3) is 3.05. The first-order valence-corrected chi connectivity index (χ1v) is 6.64. The Bertz CT molecular complexity index is 329. The summed E-state index contributed by atoms with van der Waals surface area (Å²) in [6, 6.07) is 3.90. The van der Waals surface area contributed by atoms with Crippen LogP contribution in [-0.4, -0.2) is 19.5 Å². The molecule has 1 aromatic carbocycles. The third-order valence-corrected chi connectivity index (χ3v) is 3.41. The summed E-state index contributed by atoms with van der Waals surface area (Å²) in [7, 11) is 1.68. The summed E-state index contributed by atoms with van der Waals surface area (Å²) in [5.74, 6) is 2.74. The normalized spacial score (nSPS) is 10.1. The van der Waals surface area contributed by atoms with Crippen LogP contribution in [0.4, 0.5) is 0 Å². The number of rotatable bonds is 5. The number of hydrogen-bond donors (Lipinski definition) is 0. The Morgan fingerprint density at radius 2 is 2.07 bits per heavy atom. The maximum Gasteiger partial charge on any atom is 0.150 e. The van der Waals surface area contributed by atoms with E-state index in [-0.39, 0.29) is 0 Å². The fourth-order valence-electron chi connectivity index (χ4n) is 1.24. The summed E-state index contributed by atoms with van der Waals surface area (Å²) >= 11 is 5.21. The third-order valence-electron chi connectivity index (χ3n) is 1.83. The van der Waals surface area contributed by atoms with Gasteiger partial charge in [-0.15, -0.1) is 11.8 Å².